The molecule has 0 saturated heterocycles. The molecule has 0 unspecified atom stereocenters. The standard InChI is InChI=1S/C21H28N2O/c1-22(2)19-11-5-17(6-12-19)9-15-21(24)16-10-18-7-13-20(14-8-18)23(3)4/h5-8,11-14H,9-10,15-16H2,1-4H3. The van der Waals surface area contributed by atoms with E-state index in [9.17, 15) is 4.79 Å². The highest BCUT2D eigenvalue weighted by Crippen LogP contribution is 2.15. The Morgan fingerprint density at radius 3 is 1.29 bits per heavy atom. The maximum atomic E-state index is 12.1. The zero-order valence-corrected chi connectivity index (χ0v) is 15.2. The predicted octanol–water partition coefficient (Wildman–Crippen LogP) is 3.95. The smallest absolute Gasteiger partial charge is 0.133 e. The van der Waals surface area contributed by atoms with E-state index in [1.807, 2.05) is 28.2 Å². The van der Waals surface area contributed by atoms with Gasteiger partial charge in [-0.15, -0.1) is 0 Å². The average molecular weight is 324 g/mol. The Kier molecular flexibility index (Phi) is 6.42. The van der Waals surface area contributed by atoms with Gasteiger partial charge in [-0.3, -0.25) is 4.79 Å². The number of carbonyl (C=O) groups excluding carboxylic acids is 1. The highest BCUT2D eigenvalue weighted by Gasteiger charge is 2.05. The molecule has 128 valence electrons. The molecule has 24 heavy (non-hydrogen) atoms. The summed E-state index contributed by atoms with van der Waals surface area (Å²) < 4.78 is 0. The van der Waals surface area contributed by atoms with Crippen molar-refractivity contribution in [3.63, 3.8) is 0 Å². The first-order chi connectivity index (χ1) is 11.5. The number of rotatable bonds is 8. The minimum absolute atomic E-state index is 0.336. The third-order valence-corrected chi connectivity index (χ3v) is 4.29. The van der Waals surface area contributed by atoms with Crippen molar-refractivity contribution in [1.82, 2.24) is 0 Å². The van der Waals surface area contributed by atoms with Gasteiger partial charge in [-0.05, 0) is 48.2 Å². The fourth-order valence-electron chi connectivity index (χ4n) is 2.61. The van der Waals surface area contributed by atoms with Crippen molar-refractivity contribution >= 4 is 17.2 Å². The van der Waals surface area contributed by atoms with Crippen LogP contribution >= 0.6 is 0 Å². The molecule has 0 atom stereocenters. The molecule has 2 aromatic carbocycles. The van der Waals surface area contributed by atoms with E-state index in [4.69, 9.17) is 0 Å². The van der Waals surface area contributed by atoms with Crippen molar-refractivity contribution in [2.45, 2.75) is 25.7 Å². The number of hydrogen-bond acceptors (Lipinski definition) is 3. The van der Waals surface area contributed by atoms with E-state index in [2.05, 4.69) is 58.3 Å². The fraction of sp³-hybridized carbons (Fsp3) is 0.381. The Morgan fingerprint density at radius 2 is 1.00 bits per heavy atom. The van der Waals surface area contributed by atoms with E-state index in [1.54, 1.807) is 0 Å². The van der Waals surface area contributed by atoms with Gasteiger partial charge < -0.3 is 9.80 Å². The number of carbonyl (C=O) groups is 1. The summed E-state index contributed by atoms with van der Waals surface area (Å²) in [5, 5.41) is 0. The molecule has 0 spiro atoms. The average Bonchev–Trinajstić information content (AvgIpc) is 2.58. The summed E-state index contributed by atoms with van der Waals surface area (Å²) in [6, 6.07) is 16.9. The van der Waals surface area contributed by atoms with E-state index >= 15 is 0 Å². The molecule has 0 heterocycles. The van der Waals surface area contributed by atoms with Gasteiger partial charge in [-0.2, -0.15) is 0 Å². The topological polar surface area (TPSA) is 23.6 Å². The zero-order valence-electron chi connectivity index (χ0n) is 15.2. The summed E-state index contributed by atoms with van der Waals surface area (Å²) in [6.07, 6.45) is 2.90. The zero-order chi connectivity index (χ0) is 17.5. The molecule has 0 N–H and O–H groups in total. The van der Waals surface area contributed by atoms with Crippen LogP contribution in [0, 0.1) is 0 Å². The van der Waals surface area contributed by atoms with Gasteiger partial charge in [0.25, 0.3) is 0 Å². The fourth-order valence-corrected chi connectivity index (χ4v) is 2.61. The molecule has 0 aliphatic carbocycles. The molecule has 2 aromatic rings. The van der Waals surface area contributed by atoms with Gasteiger partial charge in [-0.25, -0.2) is 0 Å². The van der Waals surface area contributed by atoms with Gasteiger partial charge in [0.1, 0.15) is 5.78 Å². The molecule has 3 nitrogen and oxygen atoms in total. The van der Waals surface area contributed by atoms with Gasteiger partial charge in [-0.1, -0.05) is 24.3 Å². The third kappa shape index (κ3) is 5.41. The molecule has 0 radical (unpaired) electrons. The van der Waals surface area contributed by atoms with Gasteiger partial charge >= 0.3 is 0 Å². The van der Waals surface area contributed by atoms with Crippen LogP contribution in [-0.2, 0) is 17.6 Å². The minimum Gasteiger partial charge on any atom is -0.378 e. The molecule has 3 heteroatoms. The first kappa shape index (κ1) is 18.1. The van der Waals surface area contributed by atoms with Gasteiger partial charge in [0.05, 0.1) is 0 Å². The van der Waals surface area contributed by atoms with Crippen LogP contribution in [0.4, 0.5) is 11.4 Å². The van der Waals surface area contributed by atoms with Crippen LogP contribution in [0.25, 0.3) is 0 Å². The number of nitrogens with zero attached hydrogens (tertiary/aromatic N) is 2. The molecule has 0 aliphatic heterocycles. The van der Waals surface area contributed by atoms with Crippen molar-refractivity contribution in [2.24, 2.45) is 0 Å². The Morgan fingerprint density at radius 1 is 0.667 bits per heavy atom. The molecule has 0 amide bonds. The van der Waals surface area contributed by atoms with Crippen molar-refractivity contribution in [2.75, 3.05) is 38.0 Å². The van der Waals surface area contributed by atoms with Crippen molar-refractivity contribution in [1.29, 1.82) is 0 Å². The molecule has 0 saturated carbocycles. The lowest BCUT2D eigenvalue weighted by Gasteiger charge is -2.13. The minimum atomic E-state index is 0.336. The first-order valence-electron chi connectivity index (χ1n) is 8.50. The Bertz CT molecular complexity index is 585. The lowest BCUT2D eigenvalue weighted by Crippen LogP contribution is -2.08. The largest absolute Gasteiger partial charge is 0.378 e. The third-order valence-electron chi connectivity index (χ3n) is 4.29. The maximum Gasteiger partial charge on any atom is 0.133 e. The van der Waals surface area contributed by atoms with Crippen LogP contribution in [0.15, 0.2) is 48.5 Å². The summed E-state index contributed by atoms with van der Waals surface area (Å²) in [7, 11) is 8.13. The van der Waals surface area contributed by atoms with E-state index in [0.29, 0.717) is 18.6 Å². The van der Waals surface area contributed by atoms with Crippen LogP contribution in [0.5, 0.6) is 0 Å². The van der Waals surface area contributed by atoms with E-state index in [0.717, 1.165) is 12.8 Å². The number of ketones is 1. The Hall–Kier alpha value is -2.29. The Labute approximate surface area is 145 Å². The molecule has 0 fully saturated rings. The van der Waals surface area contributed by atoms with Crippen molar-refractivity contribution in [3.05, 3.63) is 59.7 Å². The molecular weight excluding hydrogens is 296 g/mol. The van der Waals surface area contributed by atoms with Crippen molar-refractivity contribution < 1.29 is 4.79 Å². The summed E-state index contributed by atoms with van der Waals surface area (Å²) in [5.74, 6) is 0.336. The van der Waals surface area contributed by atoms with E-state index in [-0.39, 0.29) is 0 Å². The molecule has 0 aliphatic rings. The summed E-state index contributed by atoms with van der Waals surface area (Å²) >= 11 is 0. The Balaban J connectivity index is 1.76. The van der Waals surface area contributed by atoms with Crippen LogP contribution in [0.1, 0.15) is 24.0 Å². The van der Waals surface area contributed by atoms with E-state index < -0.39 is 0 Å². The molecule has 0 aromatic heterocycles. The quantitative estimate of drug-likeness (QED) is 0.734. The van der Waals surface area contributed by atoms with Gasteiger partial charge in [0.15, 0.2) is 0 Å². The van der Waals surface area contributed by atoms with Crippen LogP contribution < -0.4 is 9.80 Å². The SMILES string of the molecule is CN(C)c1ccc(CCC(=O)CCc2ccc(N(C)C)cc2)cc1. The lowest BCUT2D eigenvalue weighted by atomic mass is 10.0. The van der Waals surface area contributed by atoms with Crippen LogP contribution in [-0.4, -0.2) is 34.0 Å². The monoisotopic (exact) mass is 324 g/mol. The lowest BCUT2D eigenvalue weighted by molar-refractivity contribution is -0.119. The highest BCUT2D eigenvalue weighted by molar-refractivity contribution is 5.78. The van der Waals surface area contributed by atoms with Gasteiger partial charge in [0.2, 0.25) is 0 Å². The molecule has 2 rings (SSSR count). The van der Waals surface area contributed by atoms with Crippen molar-refractivity contribution in [3.8, 4) is 0 Å². The highest BCUT2D eigenvalue weighted by atomic mass is 16.1. The van der Waals surface area contributed by atoms with Crippen LogP contribution in [0.3, 0.4) is 0 Å². The first-order valence-corrected chi connectivity index (χ1v) is 8.50. The second kappa shape index (κ2) is 8.53. The summed E-state index contributed by atoms with van der Waals surface area (Å²) in [5.41, 5.74) is 4.83. The van der Waals surface area contributed by atoms with Gasteiger partial charge in [0, 0.05) is 52.4 Å². The maximum absolute atomic E-state index is 12.1. The summed E-state index contributed by atoms with van der Waals surface area (Å²) in [6.45, 7) is 0. The summed E-state index contributed by atoms with van der Waals surface area (Å²) in [4.78, 5) is 16.3. The normalized spacial score (nSPS) is 10.5. The number of Topliss-reactive ketones (excluding diaryl/α,β-unsaturated/α-hetero) is 1. The molecule has 0 bridgehead atoms. The predicted molar refractivity (Wildman–Crippen MR) is 103 cm³/mol. The number of hydrogen-bond donors (Lipinski definition) is 0. The number of benzene rings is 2. The number of aryl methyl sites for hydroxylation is 2. The second-order valence-corrected chi connectivity index (χ2v) is 6.66. The second-order valence-electron chi connectivity index (χ2n) is 6.66. The number of anilines is 2. The van der Waals surface area contributed by atoms with Crippen LogP contribution in [0.2, 0.25) is 0 Å². The molecular formula is C21H28N2O. The van der Waals surface area contributed by atoms with E-state index in [1.165, 1.54) is 22.5 Å².